The molecule has 0 aliphatic carbocycles. The van der Waals surface area contributed by atoms with Gasteiger partial charge in [-0.05, 0) is 28.1 Å². The van der Waals surface area contributed by atoms with Crippen LogP contribution in [-0.4, -0.2) is 28.8 Å². The highest BCUT2D eigenvalue weighted by atomic mass is 79.9. The van der Waals surface area contributed by atoms with E-state index in [2.05, 4.69) is 32.0 Å². The molecule has 0 saturated heterocycles. The molecular weight excluding hydrogens is 378 g/mol. The van der Waals surface area contributed by atoms with Gasteiger partial charge in [-0.15, -0.1) is 11.3 Å². The number of carbonyl (C=O) groups excluding carboxylic acids is 1. The zero-order valence-electron chi connectivity index (χ0n) is 12.2. The van der Waals surface area contributed by atoms with Gasteiger partial charge in [0.25, 0.3) is 0 Å². The van der Waals surface area contributed by atoms with Gasteiger partial charge >= 0.3 is 0 Å². The molecule has 0 fully saturated rings. The number of guanidine groups is 1. The summed E-state index contributed by atoms with van der Waals surface area (Å²) in [6.45, 7) is 0. The van der Waals surface area contributed by atoms with Crippen LogP contribution in [0.25, 0.3) is 10.4 Å². The van der Waals surface area contributed by atoms with Crippen molar-refractivity contribution in [3.8, 4) is 16.5 Å². The summed E-state index contributed by atoms with van der Waals surface area (Å²) in [5.74, 6) is 0.173. The predicted octanol–water partition coefficient (Wildman–Crippen LogP) is 2.66. The van der Waals surface area contributed by atoms with Crippen LogP contribution < -0.4 is 5.73 Å². The molecule has 2 N–H and O–H groups in total. The van der Waals surface area contributed by atoms with Gasteiger partial charge in [0.1, 0.15) is 6.07 Å². The van der Waals surface area contributed by atoms with Crippen LogP contribution in [0.3, 0.4) is 0 Å². The molecule has 1 amide bonds. The number of amides is 1. The molecule has 6 nitrogen and oxygen atoms in total. The van der Waals surface area contributed by atoms with Crippen molar-refractivity contribution in [2.75, 3.05) is 7.05 Å². The van der Waals surface area contributed by atoms with Crippen LogP contribution in [0.1, 0.15) is 22.9 Å². The lowest BCUT2D eigenvalue weighted by Gasteiger charge is -2.24. The van der Waals surface area contributed by atoms with E-state index >= 15 is 0 Å². The van der Waals surface area contributed by atoms with E-state index in [1.165, 1.54) is 22.4 Å². The van der Waals surface area contributed by atoms with Crippen LogP contribution in [0, 0.1) is 11.3 Å². The van der Waals surface area contributed by atoms with Crippen LogP contribution in [0.2, 0.25) is 0 Å². The van der Waals surface area contributed by atoms with Gasteiger partial charge < -0.3 is 5.73 Å². The van der Waals surface area contributed by atoms with E-state index in [9.17, 15) is 4.79 Å². The molecule has 8 heteroatoms. The Hall–Kier alpha value is -2.24. The van der Waals surface area contributed by atoms with E-state index in [1.54, 1.807) is 19.3 Å². The maximum Gasteiger partial charge on any atom is 0.231 e. The number of thiophene rings is 1. The molecular formula is C15H12BrN5OS. The van der Waals surface area contributed by atoms with Crippen molar-refractivity contribution in [2.24, 2.45) is 10.7 Å². The number of nitrogens with two attached hydrogens (primary N) is 1. The first-order chi connectivity index (χ1) is 11.0. The Morgan fingerprint density at radius 3 is 2.96 bits per heavy atom. The Labute approximate surface area is 145 Å². The van der Waals surface area contributed by atoms with E-state index in [4.69, 9.17) is 11.0 Å². The molecule has 0 bridgehead atoms. The summed E-state index contributed by atoms with van der Waals surface area (Å²) in [7, 11) is 1.62. The third-order valence-electron chi connectivity index (χ3n) is 3.54. The first-order valence-corrected chi connectivity index (χ1v) is 8.35. The molecule has 0 aromatic carbocycles. The van der Waals surface area contributed by atoms with Gasteiger partial charge in [-0.3, -0.25) is 14.7 Å². The SMILES string of the molecule is CN1C(=O)CC(c2cc(Br)c(-c3cncc(C#N)c3)s2)N=C1N. The van der Waals surface area contributed by atoms with Crippen LogP contribution >= 0.6 is 27.3 Å². The molecule has 1 atom stereocenters. The number of nitriles is 1. The van der Waals surface area contributed by atoms with Crippen molar-refractivity contribution in [2.45, 2.75) is 12.5 Å². The quantitative estimate of drug-likeness (QED) is 0.853. The second-order valence-electron chi connectivity index (χ2n) is 5.06. The minimum absolute atomic E-state index is 0.0540. The third kappa shape index (κ3) is 2.98. The molecule has 0 saturated carbocycles. The second kappa shape index (κ2) is 6.10. The Morgan fingerprint density at radius 1 is 1.48 bits per heavy atom. The lowest BCUT2D eigenvalue weighted by atomic mass is 10.1. The number of nitrogens with zero attached hydrogens (tertiary/aromatic N) is 4. The molecule has 1 unspecified atom stereocenters. The number of pyridine rings is 1. The first kappa shape index (κ1) is 15.6. The fourth-order valence-electron chi connectivity index (χ4n) is 2.26. The zero-order chi connectivity index (χ0) is 16.6. The third-order valence-corrected chi connectivity index (χ3v) is 5.71. The summed E-state index contributed by atoms with van der Waals surface area (Å²) in [5, 5.41) is 9.00. The lowest BCUT2D eigenvalue weighted by Crippen LogP contribution is -2.42. The van der Waals surface area contributed by atoms with Crippen molar-refractivity contribution in [3.05, 3.63) is 39.4 Å². The van der Waals surface area contributed by atoms with Gasteiger partial charge in [0.15, 0.2) is 5.96 Å². The molecule has 0 spiro atoms. The normalized spacial score (nSPS) is 17.8. The van der Waals surface area contributed by atoms with E-state index in [0.717, 1.165) is 19.8 Å². The summed E-state index contributed by atoms with van der Waals surface area (Å²) in [6, 6.07) is 5.53. The summed E-state index contributed by atoms with van der Waals surface area (Å²) in [4.78, 5) is 23.7. The molecule has 3 heterocycles. The fourth-order valence-corrected chi connectivity index (χ4v) is 4.20. The Balaban J connectivity index is 1.99. The van der Waals surface area contributed by atoms with Crippen LogP contribution in [0.4, 0.5) is 0 Å². The Bertz CT molecular complexity index is 854. The number of aromatic nitrogens is 1. The molecule has 3 rings (SSSR count). The molecule has 2 aromatic rings. The van der Waals surface area contributed by atoms with Crippen molar-refractivity contribution in [3.63, 3.8) is 0 Å². The van der Waals surface area contributed by atoms with E-state index in [-0.39, 0.29) is 17.9 Å². The number of hydrogen-bond donors (Lipinski definition) is 1. The largest absolute Gasteiger partial charge is 0.369 e. The number of rotatable bonds is 2. The average molecular weight is 390 g/mol. The maximum atomic E-state index is 11.9. The molecule has 2 aromatic heterocycles. The lowest BCUT2D eigenvalue weighted by molar-refractivity contribution is -0.127. The van der Waals surface area contributed by atoms with Crippen molar-refractivity contribution in [1.29, 1.82) is 5.26 Å². The number of halogens is 1. The van der Waals surface area contributed by atoms with Gasteiger partial charge in [-0.1, -0.05) is 0 Å². The standard InChI is InChI=1S/C15H12BrN5OS/c1-21-13(22)4-11(20-15(21)18)12-3-10(16)14(23-12)9-2-8(5-17)6-19-7-9/h2-3,6-7,11H,4H2,1H3,(H2,18,20). The average Bonchev–Trinajstić information content (AvgIpc) is 2.94. The van der Waals surface area contributed by atoms with Crippen LogP contribution in [-0.2, 0) is 4.79 Å². The highest BCUT2D eigenvalue weighted by Crippen LogP contribution is 2.41. The number of carbonyl (C=O) groups is 1. The number of aliphatic imine (C=N–C) groups is 1. The zero-order valence-corrected chi connectivity index (χ0v) is 14.6. The summed E-state index contributed by atoms with van der Waals surface area (Å²) >= 11 is 5.05. The van der Waals surface area contributed by atoms with Gasteiger partial charge in [-0.2, -0.15) is 5.26 Å². The predicted molar refractivity (Wildman–Crippen MR) is 91.7 cm³/mol. The van der Waals surface area contributed by atoms with E-state index < -0.39 is 0 Å². The molecule has 1 aliphatic heterocycles. The first-order valence-electron chi connectivity index (χ1n) is 6.74. The Morgan fingerprint density at radius 2 is 2.26 bits per heavy atom. The minimum Gasteiger partial charge on any atom is -0.369 e. The highest BCUT2D eigenvalue weighted by molar-refractivity contribution is 9.10. The molecule has 1 aliphatic rings. The molecule has 116 valence electrons. The molecule has 23 heavy (non-hydrogen) atoms. The summed E-state index contributed by atoms with van der Waals surface area (Å²) in [6.07, 6.45) is 3.52. The maximum absolute atomic E-state index is 11.9. The highest BCUT2D eigenvalue weighted by Gasteiger charge is 2.27. The molecule has 0 radical (unpaired) electrons. The van der Waals surface area contributed by atoms with Crippen molar-refractivity contribution >= 4 is 39.1 Å². The van der Waals surface area contributed by atoms with Gasteiger partial charge in [0.05, 0.1) is 22.9 Å². The van der Waals surface area contributed by atoms with Gasteiger partial charge in [0.2, 0.25) is 5.91 Å². The Kier molecular flexibility index (Phi) is 4.15. The fraction of sp³-hybridized carbons (Fsp3) is 0.200. The summed E-state index contributed by atoms with van der Waals surface area (Å²) < 4.78 is 0.884. The van der Waals surface area contributed by atoms with Crippen LogP contribution in [0.5, 0.6) is 0 Å². The van der Waals surface area contributed by atoms with E-state index in [0.29, 0.717) is 12.0 Å². The van der Waals surface area contributed by atoms with Crippen molar-refractivity contribution in [1.82, 2.24) is 9.88 Å². The smallest absolute Gasteiger partial charge is 0.231 e. The topological polar surface area (TPSA) is 95.4 Å². The van der Waals surface area contributed by atoms with Gasteiger partial charge in [-0.25, -0.2) is 4.99 Å². The van der Waals surface area contributed by atoms with E-state index in [1.807, 2.05) is 6.07 Å². The minimum atomic E-state index is -0.277. The monoisotopic (exact) mass is 389 g/mol. The van der Waals surface area contributed by atoms with Gasteiger partial charge in [0, 0.05) is 34.4 Å². The van der Waals surface area contributed by atoms with Crippen molar-refractivity contribution < 1.29 is 4.79 Å². The van der Waals surface area contributed by atoms with Crippen LogP contribution in [0.15, 0.2) is 34.0 Å². The number of hydrogen-bond acceptors (Lipinski definition) is 6. The second-order valence-corrected chi connectivity index (χ2v) is 7.00. The summed E-state index contributed by atoms with van der Waals surface area (Å²) in [5.41, 5.74) is 7.14.